The first-order valence-corrected chi connectivity index (χ1v) is 8.21. The second-order valence-corrected chi connectivity index (χ2v) is 7.00. The van der Waals surface area contributed by atoms with Gasteiger partial charge in [-0.15, -0.1) is 0 Å². The second-order valence-electron chi connectivity index (χ2n) is 4.97. The van der Waals surface area contributed by atoms with Gasteiger partial charge in [0.2, 0.25) is 0 Å². The van der Waals surface area contributed by atoms with Gasteiger partial charge < -0.3 is 5.32 Å². The van der Waals surface area contributed by atoms with E-state index in [1.807, 2.05) is 18.2 Å². The molecule has 0 heterocycles. The molecular formula is C16H16BrF2NS. The van der Waals surface area contributed by atoms with Crippen molar-refractivity contribution >= 4 is 27.7 Å². The standard InChI is InChI=1S/C16H16BrF2NS/c1-10(2)20-9-11-3-4-12(17)7-16(11)21-13-5-6-14(18)15(19)8-13/h3-8,10,20H,9H2,1-2H3. The molecule has 0 saturated carbocycles. The summed E-state index contributed by atoms with van der Waals surface area (Å²) in [7, 11) is 0. The summed E-state index contributed by atoms with van der Waals surface area (Å²) in [4.78, 5) is 1.70. The quantitative estimate of drug-likeness (QED) is 0.757. The van der Waals surface area contributed by atoms with E-state index in [0.29, 0.717) is 10.9 Å². The highest BCUT2D eigenvalue weighted by Gasteiger charge is 2.09. The van der Waals surface area contributed by atoms with Gasteiger partial charge in [-0.1, -0.05) is 47.6 Å². The summed E-state index contributed by atoms with van der Waals surface area (Å²) in [5.74, 6) is -1.65. The summed E-state index contributed by atoms with van der Waals surface area (Å²) in [6.45, 7) is 4.90. The molecule has 0 aliphatic carbocycles. The number of rotatable bonds is 5. The van der Waals surface area contributed by atoms with E-state index in [1.165, 1.54) is 17.8 Å². The van der Waals surface area contributed by atoms with Crippen LogP contribution in [0.25, 0.3) is 0 Å². The SMILES string of the molecule is CC(C)NCc1ccc(Br)cc1Sc1ccc(F)c(F)c1. The zero-order valence-corrected chi connectivity index (χ0v) is 14.2. The van der Waals surface area contributed by atoms with Crippen molar-refractivity contribution in [3.63, 3.8) is 0 Å². The van der Waals surface area contributed by atoms with E-state index >= 15 is 0 Å². The van der Waals surface area contributed by atoms with Crippen LogP contribution in [0.3, 0.4) is 0 Å². The van der Waals surface area contributed by atoms with Gasteiger partial charge in [-0.2, -0.15) is 0 Å². The monoisotopic (exact) mass is 371 g/mol. The van der Waals surface area contributed by atoms with Gasteiger partial charge in [-0.3, -0.25) is 0 Å². The lowest BCUT2D eigenvalue weighted by molar-refractivity contribution is 0.506. The minimum absolute atomic E-state index is 0.384. The van der Waals surface area contributed by atoms with Gasteiger partial charge >= 0.3 is 0 Å². The highest BCUT2D eigenvalue weighted by atomic mass is 79.9. The van der Waals surface area contributed by atoms with Crippen molar-refractivity contribution in [3.05, 3.63) is 58.1 Å². The first-order valence-electron chi connectivity index (χ1n) is 6.60. The molecule has 5 heteroatoms. The second kappa shape index (κ2) is 7.38. The van der Waals surface area contributed by atoms with Gasteiger partial charge in [0.05, 0.1) is 0 Å². The summed E-state index contributed by atoms with van der Waals surface area (Å²) in [6, 6.07) is 10.3. The molecule has 0 saturated heterocycles. The summed E-state index contributed by atoms with van der Waals surface area (Å²) < 4.78 is 27.3. The Morgan fingerprint density at radius 1 is 1.10 bits per heavy atom. The van der Waals surface area contributed by atoms with E-state index in [9.17, 15) is 8.78 Å². The molecule has 112 valence electrons. The van der Waals surface area contributed by atoms with Crippen molar-refractivity contribution in [1.29, 1.82) is 0 Å². The van der Waals surface area contributed by atoms with Gasteiger partial charge in [0.1, 0.15) is 0 Å². The average Bonchev–Trinajstić information content (AvgIpc) is 2.42. The van der Waals surface area contributed by atoms with E-state index in [4.69, 9.17) is 0 Å². The summed E-state index contributed by atoms with van der Waals surface area (Å²) in [6.07, 6.45) is 0. The lowest BCUT2D eigenvalue weighted by atomic mass is 10.2. The molecule has 0 unspecified atom stereocenters. The first kappa shape index (κ1) is 16.5. The highest BCUT2D eigenvalue weighted by molar-refractivity contribution is 9.10. The smallest absolute Gasteiger partial charge is 0.159 e. The van der Waals surface area contributed by atoms with Crippen LogP contribution < -0.4 is 5.32 Å². The zero-order valence-electron chi connectivity index (χ0n) is 11.8. The molecule has 2 aromatic rings. The molecular weight excluding hydrogens is 356 g/mol. The predicted molar refractivity (Wildman–Crippen MR) is 86.6 cm³/mol. The molecule has 2 rings (SSSR count). The number of hydrogen-bond donors (Lipinski definition) is 1. The molecule has 0 atom stereocenters. The molecule has 1 N–H and O–H groups in total. The minimum atomic E-state index is -0.824. The van der Waals surface area contributed by atoms with Crippen molar-refractivity contribution in [1.82, 2.24) is 5.32 Å². The van der Waals surface area contributed by atoms with E-state index in [0.717, 1.165) is 27.5 Å². The lowest BCUT2D eigenvalue weighted by Gasteiger charge is -2.13. The van der Waals surface area contributed by atoms with Crippen molar-refractivity contribution in [2.24, 2.45) is 0 Å². The zero-order chi connectivity index (χ0) is 15.4. The minimum Gasteiger partial charge on any atom is -0.310 e. The molecule has 0 radical (unpaired) electrons. The van der Waals surface area contributed by atoms with E-state index in [1.54, 1.807) is 6.07 Å². The highest BCUT2D eigenvalue weighted by Crippen LogP contribution is 2.33. The molecule has 2 aromatic carbocycles. The maximum atomic E-state index is 13.3. The predicted octanol–water partition coefficient (Wildman–Crippen LogP) is 5.38. The fourth-order valence-corrected chi connectivity index (χ4v) is 3.27. The number of benzene rings is 2. The molecule has 0 aliphatic rings. The fourth-order valence-electron chi connectivity index (χ4n) is 1.75. The Hall–Kier alpha value is -0.910. The summed E-state index contributed by atoms with van der Waals surface area (Å²) >= 11 is 4.87. The van der Waals surface area contributed by atoms with Gasteiger partial charge in [-0.25, -0.2) is 8.78 Å². The Morgan fingerprint density at radius 2 is 1.86 bits per heavy atom. The van der Waals surface area contributed by atoms with Gasteiger partial charge in [0.25, 0.3) is 0 Å². The van der Waals surface area contributed by atoms with E-state index in [-0.39, 0.29) is 0 Å². The third-order valence-electron chi connectivity index (χ3n) is 2.85. The summed E-state index contributed by atoms with van der Waals surface area (Å²) in [5, 5.41) is 3.37. The van der Waals surface area contributed by atoms with Crippen LogP contribution in [0.1, 0.15) is 19.4 Å². The third kappa shape index (κ3) is 4.80. The lowest BCUT2D eigenvalue weighted by Crippen LogP contribution is -2.22. The Balaban J connectivity index is 2.24. The fraction of sp³-hybridized carbons (Fsp3) is 0.250. The van der Waals surface area contributed by atoms with Crippen LogP contribution in [0.15, 0.2) is 50.7 Å². The summed E-state index contributed by atoms with van der Waals surface area (Å²) in [5.41, 5.74) is 1.13. The third-order valence-corrected chi connectivity index (χ3v) is 4.43. The Morgan fingerprint density at radius 3 is 2.52 bits per heavy atom. The molecule has 1 nitrogen and oxygen atoms in total. The first-order chi connectivity index (χ1) is 9.95. The van der Waals surface area contributed by atoms with Crippen LogP contribution in [0.4, 0.5) is 8.78 Å². The molecule has 0 aliphatic heterocycles. The Labute approximate surface area is 136 Å². The molecule has 21 heavy (non-hydrogen) atoms. The number of halogens is 3. The van der Waals surface area contributed by atoms with Crippen molar-refractivity contribution in [3.8, 4) is 0 Å². The maximum Gasteiger partial charge on any atom is 0.159 e. The van der Waals surface area contributed by atoms with Gasteiger partial charge in [0, 0.05) is 26.9 Å². The van der Waals surface area contributed by atoms with Gasteiger partial charge in [-0.05, 0) is 35.9 Å². The maximum absolute atomic E-state index is 13.3. The van der Waals surface area contributed by atoms with Crippen LogP contribution >= 0.6 is 27.7 Å². The van der Waals surface area contributed by atoms with Crippen LogP contribution in [-0.2, 0) is 6.54 Å². The van der Waals surface area contributed by atoms with Crippen LogP contribution in [-0.4, -0.2) is 6.04 Å². The molecule has 0 amide bonds. The average molecular weight is 372 g/mol. The van der Waals surface area contributed by atoms with Crippen molar-refractivity contribution < 1.29 is 8.78 Å². The Bertz CT molecular complexity index is 632. The molecule has 0 spiro atoms. The number of hydrogen-bond acceptors (Lipinski definition) is 2. The van der Waals surface area contributed by atoms with Gasteiger partial charge in [0.15, 0.2) is 11.6 Å². The Kier molecular flexibility index (Phi) is 5.79. The van der Waals surface area contributed by atoms with E-state index < -0.39 is 11.6 Å². The largest absolute Gasteiger partial charge is 0.310 e. The molecule has 0 bridgehead atoms. The van der Waals surface area contributed by atoms with E-state index in [2.05, 4.69) is 35.1 Å². The van der Waals surface area contributed by atoms with Crippen LogP contribution in [0, 0.1) is 11.6 Å². The van der Waals surface area contributed by atoms with Crippen molar-refractivity contribution in [2.75, 3.05) is 0 Å². The molecule has 0 fully saturated rings. The van der Waals surface area contributed by atoms with Crippen molar-refractivity contribution in [2.45, 2.75) is 36.2 Å². The van der Waals surface area contributed by atoms with Crippen LogP contribution in [0.2, 0.25) is 0 Å². The molecule has 0 aromatic heterocycles. The topological polar surface area (TPSA) is 12.0 Å². The van der Waals surface area contributed by atoms with Crippen LogP contribution in [0.5, 0.6) is 0 Å². The number of nitrogens with one attached hydrogen (secondary N) is 1. The normalized spacial score (nSPS) is 11.1.